The van der Waals surface area contributed by atoms with E-state index in [0.717, 1.165) is 23.8 Å². The second kappa shape index (κ2) is 5.64. The highest BCUT2D eigenvalue weighted by atomic mass is 15.2. The lowest BCUT2D eigenvalue weighted by atomic mass is 10.00. The van der Waals surface area contributed by atoms with Crippen LogP contribution in [0.3, 0.4) is 0 Å². The van der Waals surface area contributed by atoms with E-state index < -0.39 is 0 Å². The van der Waals surface area contributed by atoms with Gasteiger partial charge in [0, 0.05) is 12.6 Å². The normalized spacial score (nSPS) is 17.5. The van der Waals surface area contributed by atoms with Crippen molar-refractivity contribution in [1.82, 2.24) is 19.9 Å². The number of fused-ring (bicyclic) bond motifs is 1. The third kappa shape index (κ3) is 2.55. The number of nitrogens with one attached hydrogen (secondary N) is 3. The fourth-order valence-electron chi connectivity index (χ4n) is 2.97. The Bertz CT molecular complexity index is 572. The second-order valence-electron chi connectivity index (χ2n) is 5.50. The van der Waals surface area contributed by atoms with Crippen LogP contribution in [0.25, 0.3) is 11.2 Å². The van der Waals surface area contributed by atoms with E-state index in [0.29, 0.717) is 17.6 Å². The lowest BCUT2D eigenvalue weighted by Crippen LogP contribution is -2.24. The van der Waals surface area contributed by atoms with Crippen molar-refractivity contribution in [2.24, 2.45) is 5.92 Å². The molecular weight excluding hydrogens is 252 g/mol. The topological polar surface area (TPSA) is 78.5 Å². The minimum Gasteiger partial charge on any atom is -0.365 e. The number of hydrogen-bond donors (Lipinski definition) is 3. The van der Waals surface area contributed by atoms with Crippen molar-refractivity contribution in [2.75, 3.05) is 17.2 Å². The quantitative estimate of drug-likeness (QED) is 0.781. The van der Waals surface area contributed by atoms with Gasteiger partial charge in [0.15, 0.2) is 11.5 Å². The molecule has 0 aromatic carbocycles. The molecule has 0 saturated heterocycles. The van der Waals surface area contributed by atoms with Gasteiger partial charge < -0.3 is 15.6 Å². The van der Waals surface area contributed by atoms with Crippen molar-refractivity contribution in [1.29, 1.82) is 0 Å². The SMILES string of the molecule is CCNc1nc(NC(C)C2CCCC2)c2[nH]cnc2n1. The van der Waals surface area contributed by atoms with Gasteiger partial charge in [0.2, 0.25) is 5.95 Å². The number of anilines is 2. The molecule has 1 aliphatic carbocycles. The molecule has 1 atom stereocenters. The molecule has 1 aliphatic rings. The monoisotopic (exact) mass is 274 g/mol. The maximum absolute atomic E-state index is 4.57. The van der Waals surface area contributed by atoms with E-state index in [4.69, 9.17) is 0 Å². The van der Waals surface area contributed by atoms with E-state index >= 15 is 0 Å². The molecule has 2 aromatic rings. The molecule has 20 heavy (non-hydrogen) atoms. The van der Waals surface area contributed by atoms with Gasteiger partial charge in [-0.05, 0) is 32.6 Å². The summed E-state index contributed by atoms with van der Waals surface area (Å²) in [6.07, 6.45) is 6.99. The van der Waals surface area contributed by atoms with Gasteiger partial charge >= 0.3 is 0 Å². The summed E-state index contributed by atoms with van der Waals surface area (Å²) < 4.78 is 0. The molecule has 6 nitrogen and oxygen atoms in total. The molecule has 1 fully saturated rings. The van der Waals surface area contributed by atoms with Gasteiger partial charge in [-0.1, -0.05) is 12.8 Å². The third-order valence-electron chi connectivity index (χ3n) is 4.09. The highest BCUT2D eigenvalue weighted by Crippen LogP contribution is 2.30. The summed E-state index contributed by atoms with van der Waals surface area (Å²) in [5.74, 6) is 2.22. The van der Waals surface area contributed by atoms with E-state index in [1.165, 1.54) is 25.7 Å². The molecule has 108 valence electrons. The Morgan fingerprint density at radius 3 is 2.90 bits per heavy atom. The van der Waals surface area contributed by atoms with Crippen LogP contribution in [-0.4, -0.2) is 32.5 Å². The van der Waals surface area contributed by atoms with E-state index in [2.05, 4.69) is 37.5 Å². The first-order valence-corrected chi connectivity index (χ1v) is 7.49. The van der Waals surface area contributed by atoms with E-state index in [9.17, 15) is 0 Å². The number of aromatic amines is 1. The lowest BCUT2D eigenvalue weighted by Gasteiger charge is -2.21. The summed E-state index contributed by atoms with van der Waals surface area (Å²) >= 11 is 0. The van der Waals surface area contributed by atoms with Crippen molar-refractivity contribution in [3.63, 3.8) is 0 Å². The zero-order valence-corrected chi connectivity index (χ0v) is 12.1. The smallest absolute Gasteiger partial charge is 0.226 e. The van der Waals surface area contributed by atoms with Crippen LogP contribution >= 0.6 is 0 Å². The van der Waals surface area contributed by atoms with Crippen LogP contribution in [0.4, 0.5) is 11.8 Å². The molecule has 1 saturated carbocycles. The maximum Gasteiger partial charge on any atom is 0.226 e. The largest absolute Gasteiger partial charge is 0.365 e. The lowest BCUT2D eigenvalue weighted by molar-refractivity contribution is 0.481. The highest BCUT2D eigenvalue weighted by Gasteiger charge is 2.22. The molecule has 0 bridgehead atoms. The van der Waals surface area contributed by atoms with E-state index in [1.54, 1.807) is 6.33 Å². The van der Waals surface area contributed by atoms with Crippen molar-refractivity contribution in [3.05, 3.63) is 6.33 Å². The Hall–Kier alpha value is -1.85. The maximum atomic E-state index is 4.57. The van der Waals surface area contributed by atoms with Crippen molar-refractivity contribution in [2.45, 2.75) is 45.6 Å². The number of hydrogen-bond acceptors (Lipinski definition) is 5. The fourth-order valence-corrected chi connectivity index (χ4v) is 2.97. The van der Waals surface area contributed by atoms with E-state index in [-0.39, 0.29) is 0 Å². The van der Waals surface area contributed by atoms with Gasteiger partial charge in [-0.2, -0.15) is 9.97 Å². The standard InChI is InChI=1S/C14H22N6/c1-3-15-14-19-12-11(16-8-17-12)13(20-14)18-9(2)10-6-4-5-7-10/h8-10H,3-7H2,1-2H3,(H3,15,16,17,18,19,20). The minimum absolute atomic E-state index is 0.424. The summed E-state index contributed by atoms with van der Waals surface area (Å²) in [6, 6.07) is 0.424. The van der Waals surface area contributed by atoms with Gasteiger partial charge in [-0.15, -0.1) is 0 Å². The first kappa shape index (κ1) is 13.1. The molecule has 2 heterocycles. The first-order valence-electron chi connectivity index (χ1n) is 7.49. The van der Waals surface area contributed by atoms with Crippen LogP contribution in [0.1, 0.15) is 39.5 Å². The molecule has 0 spiro atoms. The van der Waals surface area contributed by atoms with Gasteiger partial charge in [-0.25, -0.2) is 4.98 Å². The number of rotatable bonds is 5. The summed E-state index contributed by atoms with van der Waals surface area (Å²) in [7, 11) is 0. The van der Waals surface area contributed by atoms with Crippen LogP contribution in [0.15, 0.2) is 6.33 Å². The predicted octanol–water partition coefficient (Wildman–Crippen LogP) is 2.78. The van der Waals surface area contributed by atoms with Gasteiger partial charge in [-0.3, -0.25) is 0 Å². The Morgan fingerprint density at radius 1 is 1.35 bits per heavy atom. The van der Waals surface area contributed by atoms with Gasteiger partial charge in [0.1, 0.15) is 5.52 Å². The van der Waals surface area contributed by atoms with Crippen molar-refractivity contribution < 1.29 is 0 Å². The zero-order valence-electron chi connectivity index (χ0n) is 12.1. The van der Waals surface area contributed by atoms with Crippen LogP contribution in [0.2, 0.25) is 0 Å². The van der Waals surface area contributed by atoms with Crippen LogP contribution < -0.4 is 10.6 Å². The Balaban J connectivity index is 1.86. The summed E-state index contributed by atoms with van der Waals surface area (Å²) in [5, 5.41) is 6.71. The summed E-state index contributed by atoms with van der Waals surface area (Å²) in [6.45, 7) is 5.08. The number of nitrogens with zero attached hydrogens (tertiary/aromatic N) is 3. The number of aromatic nitrogens is 4. The summed E-state index contributed by atoms with van der Waals surface area (Å²) in [5.41, 5.74) is 1.59. The fraction of sp³-hybridized carbons (Fsp3) is 0.643. The molecule has 0 aliphatic heterocycles. The molecule has 3 N–H and O–H groups in total. The number of imidazole rings is 1. The molecule has 0 amide bonds. The molecule has 3 rings (SSSR count). The van der Waals surface area contributed by atoms with Crippen LogP contribution in [0.5, 0.6) is 0 Å². The second-order valence-corrected chi connectivity index (χ2v) is 5.50. The molecule has 2 aromatic heterocycles. The average molecular weight is 274 g/mol. The predicted molar refractivity (Wildman–Crippen MR) is 80.9 cm³/mol. The van der Waals surface area contributed by atoms with Crippen LogP contribution in [-0.2, 0) is 0 Å². The average Bonchev–Trinajstić information content (AvgIpc) is 3.10. The van der Waals surface area contributed by atoms with Gasteiger partial charge in [0.25, 0.3) is 0 Å². The van der Waals surface area contributed by atoms with Crippen molar-refractivity contribution in [3.8, 4) is 0 Å². The minimum atomic E-state index is 0.424. The molecule has 6 heteroatoms. The number of H-pyrrole nitrogens is 1. The first-order chi connectivity index (χ1) is 9.78. The molecule has 1 unspecified atom stereocenters. The Labute approximate surface area is 118 Å². The Morgan fingerprint density at radius 2 is 2.15 bits per heavy atom. The van der Waals surface area contributed by atoms with E-state index in [1.807, 2.05) is 6.92 Å². The zero-order chi connectivity index (χ0) is 13.9. The van der Waals surface area contributed by atoms with Crippen LogP contribution in [0, 0.1) is 5.92 Å². The highest BCUT2D eigenvalue weighted by molar-refractivity contribution is 5.83. The third-order valence-corrected chi connectivity index (χ3v) is 4.09. The van der Waals surface area contributed by atoms with Gasteiger partial charge in [0.05, 0.1) is 6.33 Å². The Kier molecular flexibility index (Phi) is 3.71. The molecular formula is C14H22N6. The summed E-state index contributed by atoms with van der Waals surface area (Å²) in [4.78, 5) is 16.3. The molecule has 0 radical (unpaired) electrons. The van der Waals surface area contributed by atoms with Crippen molar-refractivity contribution >= 4 is 22.9 Å².